The minimum absolute atomic E-state index is 0.0442. The molecule has 0 saturated heterocycles. The molecular weight excluding hydrogens is 241 g/mol. The van der Waals surface area contributed by atoms with Crippen LogP contribution in [-0.4, -0.2) is 12.8 Å². The van der Waals surface area contributed by atoms with E-state index in [-0.39, 0.29) is 11.2 Å². The zero-order valence-corrected chi connectivity index (χ0v) is 10.2. The van der Waals surface area contributed by atoms with Crippen LogP contribution in [0, 0.1) is 0 Å². The number of hydrogen-bond donors (Lipinski definition) is 0. The zero-order valence-electron chi connectivity index (χ0n) is 10.2. The van der Waals surface area contributed by atoms with Crippen LogP contribution in [0.25, 0.3) is 0 Å². The summed E-state index contributed by atoms with van der Waals surface area (Å²) < 4.78 is 40.6. The Kier molecular flexibility index (Phi) is 3.13. The second-order valence-corrected chi connectivity index (χ2v) is 4.79. The third kappa shape index (κ3) is 2.68. The molecule has 0 spiro atoms. The van der Waals surface area contributed by atoms with Gasteiger partial charge in [-0.3, -0.25) is 0 Å². The summed E-state index contributed by atoms with van der Waals surface area (Å²) in [5.74, 6) is 0.244. The third-order valence-electron chi connectivity index (χ3n) is 3.38. The van der Waals surface area contributed by atoms with E-state index in [0.717, 1.165) is 24.0 Å². The molecule has 0 bridgehead atoms. The lowest BCUT2D eigenvalue weighted by Crippen LogP contribution is -2.19. The van der Waals surface area contributed by atoms with Crippen molar-refractivity contribution in [2.24, 2.45) is 0 Å². The molecule has 1 saturated carbocycles. The van der Waals surface area contributed by atoms with Gasteiger partial charge in [0.05, 0.1) is 0 Å². The summed E-state index contributed by atoms with van der Waals surface area (Å²) in [7, 11) is 0. The Morgan fingerprint density at radius 3 is 2.22 bits per heavy atom. The van der Waals surface area contributed by atoms with E-state index in [1.165, 1.54) is 0 Å². The third-order valence-corrected chi connectivity index (χ3v) is 3.38. The van der Waals surface area contributed by atoms with Crippen LogP contribution in [0.5, 0.6) is 5.75 Å². The number of halogens is 3. The minimum atomic E-state index is -4.30. The van der Waals surface area contributed by atoms with E-state index < -0.39 is 12.8 Å². The zero-order chi connectivity index (χ0) is 13.4. The standard InChI is InChI=1S/C14H15F3O/c1-10(2)13(7-8-13)11-3-5-12(6-4-11)18-9-14(15,16)17/h3-6H,1,7-9H2,2H3. The maximum absolute atomic E-state index is 12.0. The first-order valence-electron chi connectivity index (χ1n) is 5.80. The number of benzene rings is 1. The van der Waals surface area contributed by atoms with Gasteiger partial charge in [0, 0.05) is 5.41 Å². The SMILES string of the molecule is C=C(C)C1(c2ccc(OCC(F)(F)F)cc2)CC1. The van der Waals surface area contributed by atoms with Crippen molar-refractivity contribution in [3.05, 3.63) is 42.0 Å². The van der Waals surface area contributed by atoms with E-state index in [1.807, 2.05) is 19.1 Å². The molecule has 0 N–H and O–H groups in total. The molecule has 4 heteroatoms. The molecule has 0 unspecified atom stereocenters. The fourth-order valence-corrected chi connectivity index (χ4v) is 2.12. The normalized spacial score (nSPS) is 17.3. The quantitative estimate of drug-likeness (QED) is 0.732. The van der Waals surface area contributed by atoms with Gasteiger partial charge in [-0.05, 0) is 37.5 Å². The minimum Gasteiger partial charge on any atom is -0.484 e. The first-order valence-corrected chi connectivity index (χ1v) is 5.80. The van der Waals surface area contributed by atoms with Crippen molar-refractivity contribution in [1.29, 1.82) is 0 Å². The van der Waals surface area contributed by atoms with Crippen molar-refractivity contribution in [2.45, 2.75) is 31.4 Å². The van der Waals surface area contributed by atoms with Crippen molar-refractivity contribution in [2.75, 3.05) is 6.61 Å². The number of hydrogen-bond acceptors (Lipinski definition) is 1. The monoisotopic (exact) mass is 256 g/mol. The van der Waals surface area contributed by atoms with Gasteiger partial charge < -0.3 is 4.74 Å². The molecule has 1 aromatic rings. The van der Waals surface area contributed by atoms with Gasteiger partial charge >= 0.3 is 6.18 Å². The molecule has 98 valence electrons. The number of allylic oxidation sites excluding steroid dienone is 1. The molecule has 1 aliphatic rings. The Labute approximate surface area is 104 Å². The van der Waals surface area contributed by atoms with Crippen molar-refractivity contribution >= 4 is 0 Å². The summed E-state index contributed by atoms with van der Waals surface area (Å²) in [4.78, 5) is 0. The largest absolute Gasteiger partial charge is 0.484 e. The van der Waals surface area contributed by atoms with Gasteiger partial charge in [-0.15, -0.1) is 0 Å². The summed E-state index contributed by atoms with van der Waals surface area (Å²) >= 11 is 0. The van der Waals surface area contributed by atoms with Crippen LogP contribution in [-0.2, 0) is 5.41 Å². The second kappa shape index (κ2) is 4.34. The van der Waals surface area contributed by atoms with Gasteiger partial charge in [0.2, 0.25) is 0 Å². The van der Waals surface area contributed by atoms with Gasteiger partial charge in [0.15, 0.2) is 6.61 Å². The summed E-state index contributed by atoms with van der Waals surface area (Å²) in [6, 6.07) is 6.83. The van der Waals surface area contributed by atoms with Crippen LogP contribution in [0.15, 0.2) is 36.4 Å². The van der Waals surface area contributed by atoms with E-state index in [1.54, 1.807) is 12.1 Å². The highest BCUT2D eigenvalue weighted by Gasteiger charge is 2.44. The lowest BCUT2D eigenvalue weighted by atomic mass is 9.90. The molecule has 0 radical (unpaired) electrons. The first kappa shape index (κ1) is 13.0. The van der Waals surface area contributed by atoms with Gasteiger partial charge in [-0.2, -0.15) is 13.2 Å². The van der Waals surface area contributed by atoms with Gasteiger partial charge in [0.1, 0.15) is 5.75 Å². The van der Waals surface area contributed by atoms with Crippen molar-refractivity contribution in [3.8, 4) is 5.75 Å². The molecule has 1 aliphatic carbocycles. The number of rotatable bonds is 4. The van der Waals surface area contributed by atoms with Crippen LogP contribution >= 0.6 is 0 Å². The Bertz CT molecular complexity index is 441. The summed E-state index contributed by atoms with van der Waals surface area (Å²) in [6.45, 7) is 4.71. The predicted molar refractivity (Wildman–Crippen MR) is 63.7 cm³/mol. The van der Waals surface area contributed by atoms with Crippen LogP contribution in [0.3, 0.4) is 0 Å². The summed E-state index contributed by atoms with van der Waals surface area (Å²) in [5.41, 5.74) is 2.25. The maximum atomic E-state index is 12.0. The van der Waals surface area contributed by atoms with E-state index in [4.69, 9.17) is 0 Å². The molecular formula is C14H15F3O. The molecule has 2 rings (SSSR count). The van der Waals surface area contributed by atoms with E-state index in [9.17, 15) is 13.2 Å². The Balaban J connectivity index is 2.05. The fourth-order valence-electron chi connectivity index (χ4n) is 2.12. The number of alkyl halides is 3. The number of ether oxygens (including phenoxy) is 1. The topological polar surface area (TPSA) is 9.23 Å². The van der Waals surface area contributed by atoms with Crippen LogP contribution in [0.1, 0.15) is 25.3 Å². The van der Waals surface area contributed by atoms with E-state index in [0.29, 0.717) is 0 Å². The van der Waals surface area contributed by atoms with Crippen LogP contribution < -0.4 is 4.74 Å². The van der Waals surface area contributed by atoms with Crippen molar-refractivity contribution < 1.29 is 17.9 Å². The Hall–Kier alpha value is -1.45. The molecule has 0 heterocycles. The van der Waals surface area contributed by atoms with Gasteiger partial charge in [0.25, 0.3) is 0 Å². The maximum Gasteiger partial charge on any atom is 0.422 e. The second-order valence-electron chi connectivity index (χ2n) is 4.79. The average molecular weight is 256 g/mol. The molecule has 18 heavy (non-hydrogen) atoms. The van der Waals surface area contributed by atoms with Gasteiger partial charge in [-0.1, -0.05) is 24.3 Å². The molecule has 0 amide bonds. The smallest absolute Gasteiger partial charge is 0.422 e. The molecule has 0 aromatic heterocycles. The summed E-state index contributed by atoms with van der Waals surface area (Å²) in [6.07, 6.45) is -2.18. The lowest BCUT2D eigenvalue weighted by Gasteiger charge is -2.16. The predicted octanol–water partition coefficient (Wildman–Crippen LogP) is 4.24. The fraction of sp³-hybridized carbons (Fsp3) is 0.429. The lowest BCUT2D eigenvalue weighted by molar-refractivity contribution is -0.153. The van der Waals surface area contributed by atoms with Crippen molar-refractivity contribution in [1.82, 2.24) is 0 Å². The van der Waals surface area contributed by atoms with E-state index >= 15 is 0 Å². The average Bonchev–Trinajstić information content (AvgIpc) is 3.07. The van der Waals surface area contributed by atoms with E-state index in [2.05, 4.69) is 11.3 Å². The van der Waals surface area contributed by atoms with Gasteiger partial charge in [-0.25, -0.2) is 0 Å². The molecule has 0 atom stereocenters. The Morgan fingerprint density at radius 1 is 1.28 bits per heavy atom. The van der Waals surface area contributed by atoms with Crippen LogP contribution in [0.2, 0.25) is 0 Å². The Morgan fingerprint density at radius 2 is 1.83 bits per heavy atom. The molecule has 1 fully saturated rings. The van der Waals surface area contributed by atoms with Crippen LogP contribution in [0.4, 0.5) is 13.2 Å². The molecule has 0 aliphatic heterocycles. The highest BCUT2D eigenvalue weighted by Crippen LogP contribution is 2.53. The molecule has 1 aromatic carbocycles. The highest BCUT2D eigenvalue weighted by atomic mass is 19.4. The first-order chi connectivity index (χ1) is 8.33. The molecule has 1 nitrogen and oxygen atoms in total. The highest BCUT2D eigenvalue weighted by molar-refractivity contribution is 5.43. The van der Waals surface area contributed by atoms with Crippen molar-refractivity contribution in [3.63, 3.8) is 0 Å². The summed E-state index contributed by atoms with van der Waals surface area (Å²) in [5, 5.41) is 0.